The molecule has 0 saturated heterocycles. The molecule has 0 saturated carbocycles. The molecule has 1 N–H and O–H groups in total. The van der Waals surface area contributed by atoms with Gasteiger partial charge in [0.15, 0.2) is 11.2 Å². The lowest BCUT2D eigenvalue weighted by molar-refractivity contribution is -0.123. The number of carbonyl (C=O) groups excluding carboxylic acids is 2. The van der Waals surface area contributed by atoms with E-state index in [2.05, 4.69) is 15.2 Å². The molecular weight excluding hydrogens is 519 g/mol. The lowest BCUT2D eigenvalue weighted by atomic mass is 9.96. The largest absolute Gasteiger partial charge is 0.449 e. The maximum Gasteiger partial charge on any atom is 0.339 e. The lowest BCUT2D eigenvalue weighted by Crippen LogP contribution is -2.32. The van der Waals surface area contributed by atoms with E-state index in [-0.39, 0.29) is 0 Å². The van der Waals surface area contributed by atoms with Gasteiger partial charge < -0.3 is 9.64 Å². The number of amides is 1. The number of nitrogens with one attached hydrogen (secondary N) is 1. The van der Waals surface area contributed by atoms with E-state index in [4.69, 9.17) is 32.9 Å². The van der Waals surface area contributed by atoms with Gasteiger partial charge in [-0.15, -0.1) is 11.3 Å². The van der Waals surface area contributed by atoms with Crippen LogP contribution in [0, 0.1) is 0 Å². The highest BCUT2D eigenvalue weighted by Gasteiger charge is 2.28. The number of carbonyl (C=O) groups is 2. The third kappa shape index (κ3) is 4.95. The van der Waals surface area contributed by atoms with Gasteiger partial charge in [-0.3, -0.25) is 15.1 Å². The van der Waals surface area contributed by atoms with Crippen LogP contribution in [0.2, 0.25) is 10.0 Å². The molecule has 0 radical (unpaired) electrons. The van der Waals surface area contributed by atoms with Crippen LogP contribution in [-0.4, -0.2) is 46.4 Å². The molecule has 4 aromatic rings. The molecule has 36 heavy (non-hydrogen) atoms. The van der Waals surface area contributed by atoms with Crippen molar-refractivity contribution in [3.8, 4) is 11.3 Å². The number of likely N-dealkylation sites (N-methyl/N-ethyl adjacent to an activating group) is 1. The van der Waals surface area contributed by atoms with Crippen molar-refractivity contribution in [1.29, 1.82) is 0 Å². The zero-order chi connectivity index (χ0) is 25.4. The summed E-state index contributed by atoms with van der Waals surface area (Å²) in [5, 5.41) is 6.52. The van der Waals surface area contributed by atoms with Gasteiger partial charge in [0.1, 0.15) is 0 Å². The van der Waals surface area contributed by atoms with Crippen LogP contribution in [-0.2, 0) is 22.5 Å². The van der Waals surface area contributed by atoms with E-state index in [1.807, 2.05) is 31.3 Å². The predicted molar refractivity (Wildman–Crippen MR) is 143 cm³/mol. The summed E-state index contributed by atoms with van der Waals surface area (Å²) in [6, 6.07) is 12.7. The molecule has 0 spiro atoms. The molecule has 1 unspecified atom stereocenters. The average Bonchev–Trinajstić information content (AvgIpc) is 3.32. The Morgan fingerprint density at radius 3 is 2.75 bits per heavy atom. The van der Waals surface area contributed by atoms with Crippen molar-refractivity contribution in [2.24, 2.45) is 0 Å². The van der Waals surface area contributed by atoms with Crippen molar-refractivity contribution in [2.45, 2.75) is 26.0 Å². The van der Waals surface area contributed by atoms with Crippen LogP contribution >= 0.6 is 34.5 Å². The molecule has 1 atom stereocenters. The molecule has 3 heterocycles. The number of ether oxygens (including phenoxy) is 1. The Bertz CT molecular complexity index is 1490. The van der Waals surface area contributed by atoms with Gasteiger partial charge in [-0.25, -0.2) is 9.78 Å². The number of esters is 1. The third-order valence-corrected chi connectivity index (χ3v) is 7.54. The Labute approximate surface area is 222 Å². The molecular formula is C26H22Cl2N4O3S. The van der Waals surface area contributed by atoms with Crippen molar-refractivity contribution in [1.82, 2.24) is 14.9 Å². The van der Waals surface area contributed by atoms with Crippen molar-refractivity contribution < 1.29 is 14.3 Å². The number of hydrogen-bond donors (Lipinski definition) is 1. The van der Waals surface area contributed by atoms with Crippen molar-refractivity contribution in [3.63, 3.8) is 0 Å². The Morgan fingerprint density at radius 2 is 1.94 bits per heavy atom. The lowest BCUT2D eigenvalue weighted by Gasteiger charge is -2.27. The van der Waals surface area contributed by atoms with Crippen molar-refractivity contribution >= 4 is 62.4 Å². The van der Waals surface area contributed by atoms with Crippen LogP contribution in [0.1, 0.15) is 28.5 Å². The first kappa shape index (κ1) is 24.6. The topological polar surface area (TPSA) is 84.4 Å². The number of para-hydroxylation sites is 1. The molecule has 1 amide bonds. The SMILES string of the molecule is CC(OC(=O)c1c2c(nc3ccccc13)CCN(C)C2)C(=O)Nc1nc(-c2ccc(Cl)c(Cl)c2)cs1. The molecule has 0 aliphatic carbocycles. The summed E-state index contributed by atoms with van der Waals surface area (Å²) in [5.41, 5.74) is 4.39. The predicted octanol–water partition coefficient (Wildman–Crippen LogP) is 5.84. The second-order valence-electron chi connectivity index (χ2n) is 8.62. The zero-order valence-corrected chi connectivity index (χ0v) is 21.9. The molecule has 2 aromatic carbocycles. The molecule has 5 rings (SSSR count). The first-order chi connectivity index (χ1) is 17.3. The van der Waals surface area contributed by atoms with Gasteiger partial charge in [0, 0.05) is 47.1 Å². The van der Waals surface area contributed by atoms with E-state index in [1.165, 1.54) is 11.3 Å². The third-order valence-electron chi connectivity index (χ3n) is 6.04. The van der Waals surface area contributed by atoms with Crippen LogP contribution in [0.5, 0.6) is 0 Å². The number of pyridine rings is 1. The first-order valence-corrected chi connectivity index (χ1v) is 13.0. The summed E-state index contributed by atoms with van der Waals surface area (Å²) in [7, 11) is 2.00. The van der Waals surface area contributed by atoms with Gasteiger partial charge in [-0.1, -0.05) is 47.5 Å². The minimum absolute atomic E-state index is 0.386. The van der Waals surface area contributed by atoms with E-state index < -0.39 is 18.0 Å². The summed E-state index contributed by atoms with van der Waals surface area (Å²) in [4.78, 5) is 37.6. The van der Waals surface area contributed by atoms with Gasteiger partial charge in [0.25, 0.3) is 5.91 Å². The molecule has 1 aliphatic rings. The Balaban J connectivity index is 1.34. The van der Waals surface area contributed by atoms with Crippen molar-refractivity contribution in [2.75, 3.05) is 18.9 Å². The van der Waals surface area contributed by atoms with E-state index >= 15 is 0 Å². The Hall–Kier alpha value is -3.04. The van der Waals surface area contributed by atoms with Gasteiger partial charge in [-0.2, -0.15) is 0 Å². The fourth-order valence-corrected chi connectivity index (χ4v) is 5.18. The fraction of sp³-hybridized carbons (Fsp3) is 0.231. The molecule has 2 aromatic heterocycles. The Morgan fingerprint density at radius 1 is 1.14 bits per heavy atom. The monoisotopic (exact) mass is 540 g/mol. The first-order valence-electron chi connectivity index (χ1n) is 11.3. The van der Waals surface area contributed by atoms with Crippen molar-refractivity contribution in [3.05, 3.63) is 74.7 Å². The molecule has 0 bridgehead atoms. The highest BCUT2D eigenvalue weighted by atomic mass is 35.5. The number of fused-ring (bicyclic) bond motifs is 2. The minimum atomic E-state index is -1.03. The quantitative estimate of drug-likeness (QED) is 0.320. The summed E-state index contributed by atoms with van der Waals surface area (Å²) >= 11 is 13.4. The molecule has 7 nitrogen and oxygen atoms in total. The van der Waals surface area contributed by atoms with E-state index in [0.29, 0.717) is 33.0 Å². The van der Waals surface area contributed by atoms with Gasteiger partial charge in [-0.05, 0) is 32.2 Å². The van der Waals surface area contributed by atoms with E-state index in [9.17, 15) is 9.59 Å². The van der Waals surface area contributed by atoms with Crippen LogP contribution in [0.15, 0.2) is 47.8 Å². The van der Waals surface area contributed by atoms with E-state index in [1.54, 1.807) is 30.5 Å². The fourth-order valence-electron chi connectivity index (χ4n) is 4.16. The normalized spacial score (nSPS) is 14.3. The molecule has 0 fully saturated rings. The minimum Gasteiger partial charge on any atom is -0.449 e. The summed E-state index contributed by atoms with van der Waals surface area (Å²) in [6.45, 7) is 3.00. The number of halogens is 2. The molecule has 1 aliphatic heterocycles. The Kier molecular flexibility index (Phi) is 6.94. The highest BCUT2D eigenvalue weighted by molar-refractivity contribution is 7.14. The number of aromatic nitrogens is 2. The number of benzene rings is 2. The van der Waals surface area contributed by atoms with E-state index in [0.717, 1.165) is 40.7 Å². The van der Waals surface area contributed by atoms with Crippen LogP contribution in [0.3, 0.4) is 0 Å². The summed E-state index contributed by atoms with van der Waals surface area (Å²) < 4.78 is 5.65. The number of thiazole rings is 1. The van der Waals surface area contributed by atoms with Gasteiger partial charge >= 0.3 is 5.97 Å². The number of nitrogens with zero attached hydrogens (tertiary/aromatic N) is 3. The zero-order valence-electron chi connectivity index (χ0n) is 19.5. The van der Waals surface area contributed by atoms with Crippen LogP contribution < -0.4 is 5.32 Å². The average molecular weight is 541 g/mol. The smallest absolute Gasteiger partial charge is 0.339 e. The second kappa shape index (κ2) is 10.1. The number of anilines is 1. The van der Waals surface area contributed by atoms with Gasteiger partial charge in [0.2, 0.25) is 0 Å². The summed E-state index contributed by atoms with van der Waals surface area (Å²) in [6.07, 6.45) is -0.281. The molecule has 10 heteroatoms. The number of rotatable bonds is 5. The standard InChI is InChI=1S/C26H22Cl2N4O3S/c1-14(24(33)31-26-30-22(13-36-26)15-7-8-18(27)19(28)11-15)35-25(34)23-16-5-3-4-6-20(16)29-21-9-10-32(2)12-17(21)23/h3-8,11,13-14H,9-10,12H2,1-2H3,(H,30,31,33). The van der Waals surface area contributed by atoms with Crippen LogP contribution in [0.4, 0.5) is 5.13 Å². The maximum absolute atomic E-state index is 13.4. The number of hydrogen-bond acceptors (Lipinski definition) is 7. The summed E-state index contributed by atoms with van der Waals surface area (Å²) in [5.74, 6) is -1.01. The highest BCUT2D eigenvalue weighted by Crippen LogP contribution is 2.31. The maximum atomic E-state index is 13.4. The second-order valence-corrected chi connectivity index (χ2v) is 10.3. The van der Waals surface area contributed by atoms with Gasteiger partial charge in [0.05, 0.1) is 26.8 Å². The van der Waals surface area contributed by atoms with Crippen LogP contribution in [0.25, 0.3) is 22.2 Å². The molecule has 184 valence electrons.